The molecule has 0 aromatic rings. The Kier molecular flexibility index (Phi) is 19.2. The number of nitrogens with zero attached hydrogens (tertiary/aromatic N) is 1. The molecular formula is C22H47NO. The summed E-state index contributed by atoms with van der Waals surface area (Å²) in [7, 11) is 0. The molecule has 0 aromatic heterocycles. The third-order valence-electron chi connectivity index (χ3n) is 5.10. The SMILES string of the molecule is CCCCCCCCCN(CCCCCCCCC)CC(O)CC. The molecule has 0 aliphatic heterocycles. The van der Waals surface area contributed by atoms with Gasteiger partial charge >= 0.3 is 0 Å². The van der Waals surface area contributed by atoms with E-state index in [1.165, 1.54) is 103 Å². The Bertz CT molecular complexity index is 214. The zero-order valence-electron chi connectivity index (χ0n) is 17.2. The van der Waals surface area contributed by atoms with E-state index in [9.17, 15) is 5.11 Å². The van der Waals surface area contributed by atoms with Gasteiger partial charge in [-0.1, -0.05) is 97.8 Å². The fourth-order valence-corrected chi connectivity index (χ4v) is 3.31. The molecule has 0 bridgehead atoms. The molecule has 0 rings (SSSR count). The molecule has 0 aliphatic carbocycles. The molecule has 0 spiro atoms. The summed E-state index contributed by atoms with van der Waals surface area (Å²) in [6.45, 7) is 9.88. The second-order valence-electron chi connectivity index (χ2n) is 7.61. The van der Waals surface area contributed by atoms with Gasteiger partial charge in [-0.2, -0.15) is 0 Å². The summed E-state index contributed by atoms with van der Waals surface area (Å²) in [5.41, 5.74) is 0. The lowest BCUT2D eigenvalue weighted by molar-refractivity contribution is 0.107. The first kappa shape index (κ1) is 23.9. The molecule has 24 heavy (non-hydrogen) atoms. The molecule has 0 saturated heterocycles. The molecule has 2 nitrogen and oxygen atoms in total. The van der Waals surface area contributed by atoms with Crippen molar-refractivity contribution in [3.05, 3.63) is 0 Å². The van der Waals surface area contributed by atoms with E-state index in [0.717, 1.165) is 13.0 Å². The van der Waals surface area contributed by atoms with Crippen LogP contribution in [0.15, 0.2) is 0 Å². The number of aliphatic hydroxyl groups is 1. The number of hydrogen-bond acceptors (Lipinski definition) is 2. The average molecular weight is 342 g/mol. The third kappa shape index (κ3) is 16.8. The summed E-state index contributed by atoms with van der Waals surface area (Å²) < 4.78 is 0. The van der Waals surface area contributed by atoms with Crippen LogP contribution in [0, 0.1) is 0 Å². The standard InChI is InChI=1S/C22H47NO/c1-4-7-9-11-13-15-17-19-23(21-22(24)6-3)20-18-16-14-12-10-8-5-2/h22,24H,4-21H2,1-3H3. The van der Waals surface area contributed by atoms with Crippen molar-refractivity contribution in [2.24, 2.45) is 0 Å². The van der Waals surface area contributed by atoms with Gasteiger partial charge in [-0.05, 0) is 32.4 Å². The van der Waals surface area contributed by atoms with Gasteiger partial charge in [0.05, 0.1) is 6.10 Å². The monoisotopic (exact) mass is 341 g/mol. The molecule has 0 heterocycles. The fraction of sp³-hybridized carbons (Fsp3) is 1.00. The van der Waals surface area contributed by atoms with Crippen LogP contribution in [0.3, 0.4) is 0 Å². The topological polar surface area (TPSA) is 23.5 Å². The highest BCUT2D eigenvalue weighted by molar-refractivity contribution is 4.64. The normalized spacial score (nSPS) is 12.9. The Morgan fingerprint density at radius 2 is 0.958 bits per heavy atom. The van der Waals surface area contributed by atoms with Crippen LogP contribution >= 0.6 is 0 Å². The van der Waals surface area contributed by atoms with E-state index in [1.807, 2.05) is 0 Å². The first-order valence-corrected chi connectivity index (χ1v) is 11.1. The Labute approximate surface area is 153 Å². The van der Waals surface area contributed by atoms with Crippen LogP contribution in [0.2, 0.25) is 0 Å². The van der Waals surface area contributed by atoms with Crippen LogP contribution in [0.4, 0.5) is 0 Å². The van der Waals surface area contributed by atoms with Gasteiger partial charge in [-0.15, -0.1) is 0 Å². The highest BCUT2D eigenvalue weighted by atomic mass is 16.3. The van der Waals surface area contributed by atoms with Crippen molar-refractivity contribution in [1.82, 2.24) is 4.90 Å². The van der Waals surface area contributed by atoms with E-state index in [0.29, 0.717) is 0 Å². The molecule has 0 saturated carbocycles. The van der Waals surface area contributed by atoms with E-state index in [-0.39, 0.29) is 6.10 Å². The van der Waals surface area contributed by atoms with Crippen LogP contribution in [0.25, 0.3) is 0 Å². The Hall–Kier alpha value is -0.0800. The first-order chi connectivity index (χ1) is 11.7. The lowest BCUT2D eigenvalue weighted by Gasteiger charge is -2.24. The molecule has 1 N–H and O–H groups in total. The van der Waals surface area contributed by atoms with Gasteiger partial charge in [0.25, 0.3) is 0 Å². The molecule has 146 valence electrons. The van der Waals surface area contributed by atoms with Gasteiger partial charge in [0.2, 0.25) is 0 Å². The summed E-state index contributed by atoms with van der Waals surface area (Å²) in [4.78, 5) is 2.52. The number of rotatable bonds is 19. The largest absolute Gasteiger partial charge is 0.392 e. The minimum absolute atomic E-state index is 0.140. The lowest BCUT2D eigenvalue weighted by atomic mass is 10.1. The Morgan fingerprint density at radius 1 is 0.583 bits per heavy atom. The maximum atomic E-state index is 9.99. The van der Waals surface area contributed by atoms with E-state index in [1.54, 1.807) is 0 Å². The summed E-state index contributed by atoms with van der Waals surface area (Å²) in [6, 6.07) is 0. The number of unbranched alkanes of at least 4 members (excludes halogenated alkanes) is 12. The van der Waals surface area contributed by atoms with Gasteiger partial charge in [0.1, 0.15) is 0 Å². The van der Waals surface area contributed by atoms with Gasteiger partial charge in [-0.25, -0.2) is 0 Å². The van der Waals surface area contributed by atoms with E-state index in [4.69, 9.17) is 0 Å². The van der Waals surface area contributed by atoms with Crippen LogP contribution in [-0.2, 0) is 0 Å². The zero-order chi connectivity index (χ0) is 17.9. The van der Waals surface area contributed by atoms with Gasteiger partial charge < -0.3 is 10.0 Å². The molecule has 0 radical (unpaired) electrons. The highest BCUT2D eigenvalue weighted by Crippen LogP contribution is 2.11. The average Bonchev–Trinajstić information content (AvgIpc) is 2.59. The smallest absolute Gasteiger partial charge is 0.0664 e. The molecule has 1 atom stereocenters. The first-order valence-electron chi connectivity index (χ1n) is 11.1. The Morgan fingerprint density at radius 3 is 1.33 bits per heavy atom. The quantitative estimate of drug-likeness (QED) is 0.269. The van der Waals surface area contributed by atoms with Crippen molar-refractivity contribution in [3.8, 4) is 0 Å². The number of hydrogen-bond donors (Lipinski definition) is 1. The summed E-state index contributed by atoms with van der Waals surface area (Å²) in [5.74, 6) is 0. The lowest BCUT2D eigenvalue weighted by Crippen LogP contribution is -2.33. The van der Waals surface area contributed by atoms with E-state index in [2.05, 4.69) is 25.7 Å². The van der Waals surface area contributed by atoms with E-state index < -0.39 is 0 Å². The van der Waals surface area contributed by atoms with Crippen LogP contribution in [0.5, 0.6) is 0 Å². The molecule has 0 fully saturated rings. The maximum Gasteiger partial charge on any atom is 0.0664 e. The van der Waals surface area contributed by atoms with Crippen molar-refractivity contribution in [2.45, 2.75) is 123 Å². The van der Waals surface area contributed by atoms with Crippen LogP contribution in [0.1, 0.15) is 117 Å². The minimum atomic E-state index is -0.140. The Balaban J connectivity index is 3.73. The molecule has 0 aromatic carbocycles. The number of aliphatic hydroxyl groups excluding tert-OH is 1. The molecule has 0 aliphatic rings. The summed E-state index contributed by atoms with van der Waals surface area (Å²) >= 11 is 0. The van der Waals surface area contributed by atoms with Crippen molar-refractivity contribution in [2.75, 3.05) is 19.6 Å². The van der Waals surface area contributed by atoms with Crippen molar-refractivity contribution >= 4 is 0 Å². The predicted molar refractivity (Wildman–Crippen MR) is 109 cm³/mol. The zero-order valence-corrected chi connectivity index (χ0v) is 17.2. The third-order valence-corrected chi connectivity index (χ3v) is 5.10. The van der Waals surface area contributed by atoms with Crippen molar-refractivity contribution in [1.29, 1.82) is 0 Å². The predicted octanol–water partition coefficient (Wildman–Crippen LogP) is 6.56. The summed E-state index contributed by atoms with van der Waals surface area (Å²) in [6.07, 6.45) is 19.9. The minimum Gasteiger partial charge on any atom is -0.392 e. The van der Waals surface area contributed by atoms with Crippen molar-refractivity contribution in [3.63, 3.8) is 0 Å². The van der Waals surface area contributed by atoms with E-state index >= 15 is 0 Å². The highest BCUT2D eigenvalue weighted by Gasteiger charge is 2.09. The van der Waals surface area contributed by atoms with Crippen LogP contribution in [-0.4, -0.2) is 35.7 Å². The van der Waals surface area contributed by atoms with Gasteiger partial charge in [-0.3, -0.25) is 0 Å². The van der Waals surface area contributed by atoms with Gasteiger partial charge in [0.15, 0.2) is 0 Å². The van der Waals surface area contributed by atoms with Crippen molar-refractivity contribution < 1.29 is 5.11 Å². The molecule has 2 heteroatoms. The molecule has 0 amide bonds. The fourth-order valence-electron chi connectivity index (χ4n) is 3.31. The second kappa shape index (κ2) is 19.2. The second-order valence-corrected chi connectivity index (χ2v) is 7.61. The maximum absolute atomic E-state index is 9.99. The molecule has 1 unspecified atom stereocenters. The van der Waals surface area contributed by atoms with Gasteiger partial charge in [0, 0.05) is 6.54 Å². The van der Waals surface area contributed by atoms with Crippen LogP contribution < -0.4 is 0 Å². The summed E-state index contributed by atoms with van der Waals surface area (Å²) in [5, 5.41) is 9.99. The molecular weight excluding hydrogens is 294 g/mol.